The number of benzene rings is 1. The molecule has 2 N–H and O–H groups in total. The smallest absolute Gasteiger partial charge is 0.261 e. The van der Waals surface area contributed by atoms with Gasteiger partial charge in [0.05, 0.1) is 12.6 Å². The fourth-order valence-corrected chi connectivity index (χ4v) is 2.45. The minimum absolute atomic E-state index is 0.136. The first-order valence-corrected chi connectivity index (χ1v) is 6.15. The van der Waals surface area contributed by atoms with E-state index in [-0.39, 0.29) is 17.9 Å². The predicted molar refractivity (Wildman–Crippen MR) is 66.0 cm³/mol. The highest BCUT2D eigenvalue weighted by Crippen LogP contribution is 2.22. The van der Waals surface area contributed by atoms with Crippen molar-refractivity contribution in [3.8, 4) is 0 Å². The second-order valence-electron chi connectivity index (χ2n) is 4.60. The number of piperazine rings is 1. The lowest BCUT2D eigenvalue weighted by molar-refractivity contribution is -0.131. The Bertz CT molecular complexity index is 495. The van der Waals surface area contributed by atoms with E-state index in [1.807, 2.05) is 18.2 Å². The molecule has 0 aliphatic carbocycles. The molecule has 3 rings (SSSR count). The molecule has 5 heteroatoms. The van der Waals surface area contributed by atoms with Crippen LogP contribution in [-0.4, -0.2) is 42.4 Å². The van der Waals surface area contributed by atoms with Gasteiger partial charge in [-0.2, -0.15) is 0 Å². The molecule has 0 aromatic heterocycles. The first kappa shape index (κ1) is 11.4. The van der Waals surface area contributed by atoms with Gasteiger partial charge >= 0.3 is 0 Å². The third-order valence-electron chi connectivity index (χ3n) is 3.43. The molecular weight excluding hydrogens is 230 g/mol. The van der Waals surface area contributed by atoms with Gasteiger partial charge < -0.3 is 10.6 Å². The lowest BCUT2D eigenvalue weighted by Crippen LogP contribution is -2.56. The predicted octanol–water partition coefficient (Wildman–Crippen LogP) is -0.270. The number of imide groups is 1. The summed E-state index contributed by atoms with van der Waals surface area (Å²) in [4.78, 5) is 25.8. The quantitative estimate of drug-likeness (QED) is 0.669. The van der Waals surface area contributed by atoms with E-state index in [0.717, 1.165) is 18.7 Å². The van der Waals surface area contributed by atoms with Crippen LogP contribution in [0, 0.1) is 0 Å². The Kier molecular flexibility index (Phi) is 2.85. The Morgan fingerprint density at radius 1 is 1.28 bits per heavy atom. The number of rotatable bonds is 1. The molecule has 2 aliphatic heterocycles. The van der Waals surface area contributed by atoms with E-state index in [2.05, 4.69) is 10.6 Å². The van der Waals surface area contributed by atoms with Gasteiger partial charge in [0.15, 0.2) is 0 Å². The number of carbonyl (C=O) groups is 2. The van der Waals surface area contributed by atoms with E-state index in [0.29, 0.717) is 18.7 Å². The van der Waals surface area contributed by atoms with Crippen LogP contribution in [0.25, 0.3) is 0 Å². The van der Waals surface area contributed by atoms with Crippen molar-refractivity contribution in [1.29, 1.82) is 0 Å². The minimum Gasteiger partial charge on any atom is -0.313 e. The molecule has 94 valence electrons. The Morgan fingerprint density at radius 3 is 2.83 bits per heavy atom. The molecule has 5 nitrogen and oxygen atoms in total. The van der Waals surface area contributed by atoms with E-state index in [4.69, 9.17) is 0 Å². The summed E-state index contributed by atoms with van der Waals surface area (Å²) in [6.07, 6.45) is 0. The van der Waals surface area contributed by atoms with Crippen molar-refractivity contribution in [2.75, 3.05) is 19.6 Å². The second-order valence-corrected chi connectivity index (χ2v) is 4.60. The summed E-state index contributed by atoms with van der Waals surface area (Å²) in [5.41, 5.74) is 1.58. The SMILES string of the molecule is O=C1c2ccccc2CN1C(=O)C1CNCCN1. The number of fused-ring (bicyclic) bond motifs is 1. The number of amides is 2. The van der Waals surface area contributed by atoms with Crippen LogP contribution in [0.15, 0.2) is 24.3 Å². The lowest BCUT2D eigenvalue weighted by Gasteiger charge is -2.26. The van der Waals surface area contributed by atoms with Crippen LogP contribution in [0.3, 0.4) is 0 Å². The molecule has 1 aromatic rings. The van der Waals surface area contributed by atoms with E-state index in [1.165, 1.54) is 4.90 Å². The molecule has 0 radical (unpaired) electrons. The van der Waals surface area contributed by atoms with Gasteiger partial charge in [-0.1, -0.05) is 18.2 Å². The molecule has 2 amide bonds. The summed E-state index contributed by atoms with van der Waals surface area (Å²) in [5.74, 6) is -0.314. The molecule has 1 unspecified atom stereocenters. The average Bonchev–Trinajstić information content (AvgIpc) is 2.77. The number of hydrogen-bond acceptors (Lipinski definition) is 4. The topological polar surface area (TPSA) is 61.4 Å². The van der Waals surface area contributed by atoms with Crippen LogP contribution in [0.4, 0.5) is 0 Å². The largest absolute Gasteiger partial charge is 0.313 e. The summed E-state index contributed by atoms with van der Waals surface area (Å²) in [6.45, 7) is 2.59. The van der Waals surface area contributed by atoms with Crippen LogP contribution >= 0.6 is 0 Å². The van der Waals surface area contributed by atoms with Gasteiger partial charge in [-0.15, -0.1) is 0 Å². The van der Waals surface area contributed by atoms with Crippen molar-refractivity contribution in [3.05, 3.63) is 35.4 Å². The number of nitrogens with one attached hydrogen (secondary N) is 2. The highest BCUT2D eigenvalue weighted by molar-refractivity contribution is 6.09. The van der Waals surface area contributed by atoms with E-state index >= 15 is 0 Å². The third kappa shape index (κ3) is 1.81. The van der Waals surface area contributed by atoms with Crippen molar-refractivity contribution in [2.45, 2.75) is 12.6 Å². The van der Waals surface area contributed by atoms with Crippen molar-refractivity contribution in [3.63, 3.8) is 0 Å². The first-order valence-electron chi connectivity index (χ1n) is 6.15. The zero-order valence-electron chi connectivity index (χ0n) is 9.98. The van der Waals surface area contributed by atoms with Gasteiger partial charge in [-0.3, -0.25) is 14.5 Å². The van der Waals surface area contributed by atoms with E-state index < -0.39 is 0 Å². The number of carbonyl (C=O) groups excluding carboxylic acids is 2. The standard InChI is InChI=1S/C13H15N3O2/c17-12-10-4-2-1-3-9(10)8-16(12)13(18)11-7-14-5-6-15-11/h1-4,11,14-15H,5-8H2. The first-order chi connectivity index (χ1) is 8.77. The van der Waals surface area contributed by atoms with Gasteiger partial charge in [-0.25, -0.2) is 0 Å². The monoisotopic (exact) mass is 245 g/mol. The maximum atomic E-state index is 12.3. The Hall–Kier alpha value is -1.72. The average molecular weight is 245 g/mol. The maximum Gasteiger partial charge on any atom is 0.261 e. The summed E-state index contributed by atoms with van der Waals surface area (Å²) in [5, 5.41) is 6.29. The Labute approximate surface area is 105 Å². The van der Waals surface area contributed by atoms with Gasteiger partial charge in [0.1, 0.15) is 0 Å². The summed E-state index contributed by atoms with van der Waals surface area (Å²) in [7, 11) is 0. The molecule has 0 saturated carbocycles. The molecule has 1 fully saturated rings. The Balaban J connectivity index is 1.79. The molecular formula is C13H15N3O2. The zero-order chi connectivity index (χ0) is 12.5. The van der Waals surface area contributed by atoms with Crippen LogP contribution in [0.1, 0.15) is 15.9 Å². The number of nitrogens with zero attached hydrogens (tertiary/aromatic N) is 1. The normalized spacial score (nSPS) is 23.0. The minimum atomic E-state index is -0.294. The summed E-state index contributed by atoms with van der Waals surface area (Å²) in [6, 6.07) is 7.09. The van der Waals surface area contributed by atoms with E-state index in [1.54, 1.807) is 6.07 Å². The highest BCUT2D eigenvalue weighted by Gasteiger charge is 2.35. The molecule has 1 atom stereocenters. The summed E-state index contributed by atoms with van der Waals surface area (Å²) < 4.78 is 0. The van der Waals surface area contributed by atoms with E-state index in [9.17, 15) is 9.59 Å². The van der Waals surface area contributed by atoms with Crippen molar-refractivity contribution < 1.29 is 9.59 Å². The van der Waals surface area contributed by atoms with Crippen LogP contribution < -0.4 is 10.6 Å². The molecule has 2 aliphatic rings. The van der Waals surface area contributed by atoms with Crippen molar-refractivity contribution >= 4 is 11.8 Å². The van der Waals surface area contributed by atoms with Crippen LogP contribution in [-0.2, 0) is 11.3 Å². The molecule has 1 aromatic carbocycles. The summed E-state index contributed by atoms with van der Waals surface area (Å²) >= 11 is 0. The molecule has 18 heavy (non-hydrogen) atoms. The molecule has 2 heterocycles. The van der Waals surface area contributed by atoms with Gasteiger partial charge in [0.2, 0.25) is 5.91 Å². The van der Waals surface area contributed by atoms with Crippen molar-refractivity contribution in [2.24, 2.45) is 0 Å². The number of hydrogen-bond donors (Lipinski definition) is 2. The van der Waals surface area contributed by atoms with Gasteiger partial charge in [0, 0.05) is 25.2 Å². The van der Waals surface area contributed by atoms with Gasteiger partial charge in [-0.05, 0) is 11.6 Å². The zero-order valence-corrected chi connectivity index (χ0v) is 9.98. The molecule has 0 spiro atoms. The van der Waals surface area contributed by atoms with Crippen LogP contribution in [0.5, 0.6) is 0 Å². The third-order valence-corrected chi connectivity index (χ3v) is 3.43. The second kappa shape index (κ2) is 4.51. The molecule has 1 saturated heterocycles. The lowest BCUT2D eigenvalue weighted by atomic mass is 10.1. The fraction of sp³-hybridized carbons (Fsp3) is 0.385. The van der Waals surface area contributed by atoms with Gasteiger partial charge in [0.25, 0.3) is 5.91 Å². The molecule has 0 bridgehead atoms. The van der Waals surface area contributed by atoms with Crippen molar-refractivity contribution in [1.82, 2.24) is 15.5 Å². The maximum absolute atomic E-state index is 12.3. The fourth-order valence-electron chi connectivity index (χ4n) is 2.45. The Morgan fingerprint density at radius 2 is 2.11 bits per heavy atom. The van der Waals surface area contributed by atoms with Crippen LogP contribution in [0.2, 0.25) is 0 Å². The highest BCUT2D eigenvalue weighted by atomic mass is 16.2.